The molecule has 2 aliphatic carbocycles. The van der Waals surface area contributed by atoms with Crippen molar-refractivity contribution < 1.29 is 14.3 Å². The first-order valence-electron chi connectivity index (χ1n) is 7.56. The molecule has 5 aliphatic rings. The molecule has 0 aromatic heterocycles. The summed E-state index contributed by atoms with van der Waals surface area (Å²) in [6.45, 7) is 0.672. The minimum atomic E-state index is -0.442. The second-order valence-electron chi connectivity index (χ2n) is 6.75. The van der Waals surface area contributed by atoms with Crippen molar-refractivity contribution in [2.75, 3.05) is 13.1 Å². The van der Waals surface area contributed by atoms with Gasteiger partial charge in [-0.1, -0.05) is 6.08 Å². The Bertz CT molecular complexity index is 450. The van der Waals surface area contributed by atoms with Gasteiger partial charge >= 0.3 is 0 Å². The molecule has 20 heavy (non-hydrogen) atoms. The van der Waals surface area contributed by atoms with E-state index in [0.717, 1.165) is 25.7 Å². The molecule has 2 saturated heterocycles. The molecule has 3 heterocycles. The molecule has 108 valence electrons. The van der Waals surface area contributed by atoms with E-state index in [1.165, 1.54) is 12.5 Å². The summed E-state index contributed by atoms with van der Waals surface area (Å²) >= 11 is 0. The van der Waals surface area contributed by atoms with E-state index in [4.69, 9.17) is 4.74 Å². The normalized spacial score (nSPS) is 41.5. The zero-order chi connectivity index (χ0) is 13.7. The van der Waals surface area contributed by atoms with Gasteiger partial charge in [-0.2, -0.15) is 0 Å². The van der Waals surface area contributed by atoms with E-state index < -0.39 is 5.72 Å². The van der Waals surface area contributed by atoms with Crippen LogP contribution in [0.3, 0.4) is 0 Å². The first-order valence-corrected chi connectivity index (χ1v) is 7.56. The van der Waals surface area contributed by atoms with Gasteiger partial charge in [-0.05, 0) is 43.9 Å². The fraction of sp³-hybridized carbons (Fsp3) is 0.733. The molecule has 0 aromatic carbocycles. The molecule has 4 bridgehead atoms. The first-order chi connectivity index (χ1) is 9.62. The third kappa shape index (κ3) is 2.04. The number of ether oxygens (including phenoxy) is 1. The third-order valence-electron chi connectivity index (χ3n) is 5.09. The van der Waals surface area contributed by atoms with Crippen molar-refractivity contribution in [2.45, 2.75) is 43.9 Å². The molecule has 2 saturated carbocycles. The van der Waals surface area contributed by atoms with Crippen molar-refractivity contribution in [3.8, 4) is 0 Å². The summed E-state index contributed by atoms with van der Waals surface area (Å²) in [6.07, 6.45) is 9.13. The summed E-state index contributed by atoms with van der Waals surface area (Å²) in [4.78, 5) is 25.3. The van der Waals surface area contributed by atoms with E-state index in [-0.39, 0.29) is 18.4 Å². The number of amides is 2. The number of hydrogen-bond donors (Lipinski definition) is 1. The van der Waals surface area contributed by atoms with Crippen LogP contribution in [0.2, 0.25) is 0 Å². The van der Waals surface area contributed by atoms with Crippen LogP contribution in [0.15, 0.2) is 12.2 Å². The van der Waals surface area contributed by atoms with Crippen molar-refractivity contribution in [2.24, 2.45) is 11.8 Å². The number of nitrogens with one attached hydrogen (secondary N) is 1. The predicted octanol–water partition coefficient (Wildman–Crippen LogP) is 0.806. The number of rotatable bonds is 3. The van der Waals surface area contributed by atoms with E-state index in [1.807, 2.05) is 0 Å². The van der Waals surface area contributed by atoms with Gasteiger partial charge < -0.3 is 15.0 Å². The molecule has 3 aliphatic heterocycles. The average Bonchev–Trinajstić information content (AvgIpc) is 2.72. The van der Waals surface area contributed by atoms with Crippen molar-refractivity contribution in [3.63, 3.8) is 0 Å². The Balaban J connectivity index is 1.41. The fourth-order valence-electron chi connectivity index (χ4n) is 4.58. The zero-order valence-electron chi connectivity index (χ0n) is 11.5. The lowest BCUT2D eigenvalue weighted by Gasteiger charge is -2.56. The summed E-state index contributed by atoms with van der Waals surface area (Å²) in [6, 6.07) is 0. The van der Waals surface area contributed by atoms with Crippen LogP contribution in [0.4, 0.5) is 0 Å². The topological polar surface area (TPSA) is 58.6 Å². The Morgan fingerprint density at radius 2 is 2.10 bits per heavy atom. The number of carbonyl (C=O) groups is 2. The largest absolute Gasteiger partial charge is 0.353 e. The summed E-state index contributed by atoms with van der Waals surface area (Å²) in [5, 5.41) is 3.09. The monoisotopic (exact) mass is 276 g/mol. The molecule has 4 fully saturated rings. The van der Waals surface area contributed by atoms with Crippen molar-refractivity contribution in [1.29, 1.82) is 0 Å². The van der Waals surface area contributed by atoms with E-state index in [9.17, 15) is 9.59 Å². The molecule has 0 aromatic rings. The van der Waals surface area contributed by atoms with E-state index in [2.05, 4.69) is 5.32 Å². The SMILES string of the molecule is O=C(CN1CC=CC1=O)N[C@@]12C[C@@H]3C[C@@H](C[C@H](C3)O1)C2. The molecule has 0 spiro atoms. The highest BCUT2D eigenvalue weighted by Gasteiger charge is 2.52. The molecular weight excluding hydrogens is 256 g/mol. The third-order valence-corrected chi connectivity index (χ3v) is 5.09. The van der Waals surface area contributed by atoms with Crippen LogP contribution >= 0.6 is 0 Å². The van der Waals surface area contributed by atoms with Gasteiger partial charge in [-0.25, -0.2) is 0 Å². The van der Waals surface area contributed by atoms with Crippen LogP contribution in [0, 0.1) is 11.8 Å². The Hall–Kier alpha value is -1.36. The minimum Gasteiger partial charge on any atom is -0.353 e. The standard InChI is InChI=1S/C15H20N2O3/c18-13(9-17-3-1-2-14(17)19)16-15-7-10-4-11(8-15)6-12(5-10)20-15/h1-2,10-12H,3-9H2,(H,16,18)/t10-,11+,12+,15+. The molecule has 5 heteroatoms. The van der Waals surface area contributed by atoms with Gasteiger partial charge in [0, 0.05) is 12.6 Å². The van der Waals surface area contributed by atoms with Gasteiger partial charge in [0.2, 0.25) is 11.8 Å². The van der Waals surface area contributed by atoms with E-state index in [0.29, 0.717) is 24.5 Å². The zero-order valence-corrected chi connectivity index (χ0v) is 11.5. The highest BCUT2D eigenvalue weighted by Crippen LogP contribution is 2.51. The fourth-order valence-corrected chi connectivity index (χ4v) is 4.58. The van der Waals surface area contributed by atoms with Gasteiger partial charge in [-0.3, -0.25) is 9.59 Å². The highest BCUT2D eigenvalue weighted by atomic mass is 16.5. The van der Waals surface area contributed by atoms with Crippen LogP contribution in [-0.2, 0) is 14.3 Å². The summed E-state index contributed by atoms with van der Waals surface area (Å²) < 4.78 is 6.12. The van der Waals surface area contributed by atoms with Crippen LogP contribution in [0.1, 0.15) is 32.1 Å². The molecule has 0 unspecified atom stereocenters. The van der Waals surface area contributed by atoms with Crippen molar-refractivity contribution >= 4 is 11.8 Å². The Labute approximate surface area is 118 Å². The highest BCUT2D eigenvalue weighted by molar-refractivity contribution is 5.93. The van der Waals surface area contributed by atoms with Gasteiger partial charge in [-0.15, -0.1) is 0 Å². The van der Waals surface area contributed by atoms with Crippen molar-refractivity contribution in [3.05, 3.63) is 12.2 Å². The molecule has 4 atom stereocenters. The minimum absolute atomic E-state index is 0.0772. The maximum atomic E-state index is 12.2. The lowest BCUT2D eigenvalue weighted by atomic mass is 9.65. The van der Waals surface area contributed by atoms with Crippen LogP contribution in [-0.4, -0.2) is 41.6 Å². The number of hydrogen-bond acceptors (Lipinski definition) is 3. The van der Waals surface area contributed by atoms with Gasteiger partial charge in [0.25, 0.3) is 0 Å². The first kappa shape index (κ1) is 12.4. The Morgan fingerprint density at radius 3 is 2.70 bits per heavy atom. The maximum absolute atomic E-state index is 12.2. The van der Waals surface area contributed by atoms with E-state index in [1.54, 1.807) is 11.0 Å². The maximum Gasteiger partial charge on any atom is 0.247 e. The van der Waals surface area contributed by atoms with Crippen LogP contribution in [0.25, 0.3) is 0 Å². The molecule has 0 radical (unpaired) electrons. The average molecular weight is 276 g/mol. The molecular formula is C15H20N2O3. The number of nitrogens with zero attached hydrogens (tertiary/aromatic N) is 1. The molecule has 1 N–H and O–H groups in total. The summed E-state index contributed by atoms with van der Waals surface area (Å²) in [7, 11) is 0. The van der Waals surface area contributed by atoms with Crippen LogP contribution in [0.5, 0.6) is 0 Å². The molecule has 5 rings (SSSR count). The number of carbonyl (C=O) groups excluding carboxylic acids is 2. The summed E-state index contributed by atoms with van der Waals surface area (Å²) in [5.41, 5.74) is -0.442. The van der Waals surface area contributed by atoms with Crippen molar-refractivity contribution in [1.82, 2.24) is 10.2 Å². The Morgan fingerprint density at radius 1 is 1.35 bits per heavy atom. The Kier molecular flexibility index (Phi) is 2.67. The van der Waals surface area contributed by atoms with E-state index >= 15 is 0 Å². The second-order valence-corrected chi connectivity index (χ2v) is 6.75. The molecule has 5 nitrogen and oxygen atoms in total. The smallest absolute Gasteiger partial charge is 0.247 e. The van der Waals surface area contributed by atoms with Gasteiger partial charge in [0.15, 0.2) is 0 Å². The van der Waals surface area contributed by atoms with Gasteiger partial charge in [0.1, 0.15) is 12.3 Å². The molecule has 2 amide bonds. The lowest BCUT2D eigenvalue weighted by Crippen LogP contribution is -2.64. The van der Waals surface area contributed by atoms with Crippen LogP contribution < -0.4 is 5.32 Å². The van der Waals surface area contributed by atoms with Gasteiger partial charge in [0.05, 0.1) is 6.10 Å². The predicted molar refractivity (Wildman–Crippen MR) is 71.5 cm³/mol. The second kappa shape index (κ2) is 4.32. The lowest BCUT2D eigenvalue weighted by molar-refractivity contribution is -0.233. The summed E-state index contributed by atoms with van der Waals surface area (Å²) in [5.74, 6) is 1.24. The quantitative estimate of drug-likeness (QED) is 0.829.